The van der Waals surface area contributed by atoms with Crippen LogP contribution in [-0.4, -0.2) is 60.0 Å². The first-order valence-electron chi connectivity index (χ1n) is 10.8. The van der Waals surface area contributed by atoms with Crippen molar-refractivity contribution in [3.63, 3.8) is 0 Å². The second kappa shape index (κ2) is 10.8. The zero-order valence-corrected chi connectivity index (χ0v) is 19.1. The van der Waals surface area contributed by atoms with Crippen LogP contribution < -0.4 is 16.4 Å². The van der Waals surface area contributed by atoms with Gasteiger partial charge in [0.1, 0.15) is 0 Å². The highest BCUT2D eigenvalue weighted by molar-refractivity contribution is 5.94. The molecule has 0 saturated carbocycles. The molecule has 176 valence electrons. The molecule has 0 unspecified atom stereocenters. The number of benzene rings is 1. The van der Waals surface area contributed by atoms with Crippen molar-refractivity contribution in [3.8, 4) is 0 Å². The van der Waals surface area contributed by atoms with Crippen LogP contribution in [0.15, 0.2) is 42.7 Å². The van der Waals surface area contributed by atoms with Gasteiger partial charge in [-0.3, -0.25) is 19.9 Å². The fourth-order valence-electron chi connectivity index (χ4n) is 3.60. The van der Waals surface area contributed by atoms with Crippen LogP contribution in [0.25, 0.3) is 0 Å². The van der Waals surface area contributed by atoms with Gasteiger partial charge in [0.25, 0.3) is 0 Å². The van der Waals surface area contributed by atoms with Crippen LogP contribution in [0.1, 0.15) is 41.7 Å². The van der Waals surface area contributed by atoms with E-state index in [2.05, 4.69) is 22.5 Å². The van der Waals surface area contributed by atoms with Crippen molar-refractivity contribution in [3.05, 3.63) is 53.9 Å². The molecule has 0 aliphatic carbocycles. The van der Waals surface area contributed by atoms with E-state index in [4.69, 9.17) is 10.6 Å². The predicted octanol–water partition coefficient (Wildman–Crippen LogP) is 2.62. The maximum absolute atomic E-state index is 12.5. The molecule has 3 rings (SSSR count). The average Bonchev–Trinajstić information content (AvgIpc) is 2.78. The predicted molar refractivity (Wildman–Crippen MR) is 124 cm³/mol. The summed E-state index contributed by atoms with van der Waals surface area (Å²) in [7, 11) is 3.43. The first kappa shape index (κ1) is 24.0. The third-order valence-corrected chi connectivity index (χ3v) is 5.48. The first-order chi connectivity index (χ1) is 15.7. The Kier molecular flexibility index (Phi) is 7.83. The van der Waals surface area contributed by atoms with Gasteiger partial charge in [0.05, 0.1) is 30.0 Å². The molecule has 1 aliphatic heterocycles. The maximum Gasteiger partial charge on any atom is 0.430 e. The fourth-order valence-corrected chi connectivity index (χ4v) is 3.60. The molecule has 1 saturated heterocycles. The summed E-state index contributed by atoms with van der Waals surface area (Å²) in [6.07, 6.45) is 3.91. The summed E-state index contributed by atoms with van der Waals surface area (Å²) < 4.78 is 0. The molecule has 0 radical (unpaired) electrons. The molecule has 2 heterocycles. The number of nitrogens with one attached hydrogen (secondary N) is 2. The van der Waals surface area contributed by atoms with Crippen LogP contribution in [0.2, 0.25) is 0 Å². The Hall–Kier alpha value is -3.66. The van der Waals surface area contributed by atoms with E-state index in [1.165, 1.54) is 23.4 Å². The van der Waals surface area contributed by atoms with E-state index in [0.717, 1.165) is 24.1 Å². The summed E-state index contributed by atoms with van der Waals surface area (Å²) in [6, 6.07) is 9.11. The number of nitrogens with two attached hydrogens (primary N) is 1. The van der Waals surface area contributed by atoms with Crippen molar-refractivity contribution >= 4 is 29.3 Å². The van der Waals surface area contributed by atoms with E-state index in [0.29, 0.717) is 18.2 Å². The Bertz CT molecular complexity index is 995. The van der Waals surface area contributed by atoms with Gasteiger partial charge in [0.15, 0.2) is 0 Å². The van der Waals surface area contributed by atoms with Crippen LogP contribution in [0.4, 0.5) is 16.2 Å². The lowest BCUT2D eigenvalue weighted by atomic mass is 9.91. The number of hydrogen-bond donors (Lipinski definition) is 3. The number of hydrogen-bond acceptors (Lipinski definition) is 7. The highest BCUT2D eigenvalue weighted by Crippen LogP contribution is 2.34. The Morgan fingerprint density at radius 2 is 1.88 bits per heavy atom. The number of anilines is 2. The topological polar surface area (TPSA) is 130 Å². The number of aromatic nitrogens is 1. The van der Waals surface area contributed by atoms with Gasteiger partial charge < -0.3 is 20.8 Å². The van der Waals surface area contributed by atoms with Gasteiger partial charge >= 0.3 is 6.09 Å². The van der Waals surface area contributed by atoms with Crippen molar-refractivity contribution < 1.29 is 19.2 Å². The van der Waals surface area contributed by atoms with E-state index in [1.807, 2.05) is 24.3 Å². The maximum atomic E-state index is 12.5. The highest BCUT2D eigenvalue weighted by atomic mass is 16.7. The molecule has 10 nitrogen and oxygen atoms in total. The van der Waals surface area contributed by atoms with Gasteiger partial charge in [-0.15, -0.1) is 5.06 Å². The molecule has 33 heavy (non-hydrogen) atoms. The Labute approximate surface area is 193 Å². The van der Waals surface area contributed by atoms with Gasteiger partial charge in [-0.05, 0) is 42.5 Å². The lowest BCUT2D eigenvalue weighted by molar-refractivity contribution is -0.153. The number of hydroxylamine groups is 2. The third kappa shape index (κ3) is 6.66. The SMILES string of the molecule is C[C@@H]1CC[C@H](c2ccc(NCC(=O)N(C)C)cc2)N(OC(=O)Nc2cncc(C(N)=O)c2)C1. The second-order valence-electron chi connectivity index (χ2n) is 8.39. The zero-order valence-electron chi connectivity index (χ0n) is 19.1. The smallest absolute Gasteiger partial charge is 0.376 e. The monoisotopic (exact) mass is 454 g/mol. The van der Waals surface area contributed by atoms with Gasteiger partial charge in [-0.1, -0.05) is 19.1 Å². The van der Waals surface area contributed by atoms with Gasteiger partial charge in [-0.25, -0.2) is 4.79 Å². The molecule has 1 aromatic heterocycles. The fraction of sp³-hybridized carbons (Fsp3) is 0.391. The summed E-state index contributed by atoms with van der Waals surface area (Å²) in [5.74, 6) is -0.275. The lowest BCUT2D eigenvalue weighted by Crippen LogP contribution is -2.40. The summed E-state index contributed by atoms with van der Waals surface area (Å²) in [6.45, 7) is 2.92. The Morgan fingerprint density at radius 3 is 2.55 bits per heavy atom. The van der Waals surface area contributed by atoms with E-state index in [9.17, 15) is 14.4 Å². The zero-order chi connectivity index (χ0) is 24.0. The molecule has 3 amide bonds. The number of likely N-dealkylation sites (N-methyl/N-ethyl adjacent to an activating group) is 1. The summed E-state index contributed by atoms with van der Waals surface area (Å²) in [4.78, 5) is 46.7. The van der Waals surface area contributed by atoms with E-state index in [1.54, 1.807) is 19.2 Å². The normalized spacial score (nSPS) is 18.3. The van der Waals surface area contributed by atoms with Crippen LogP contribution in [0.3, 0.4) is 0 Å². The summed E-state index contributed by atoms with van der Waals surface area (Å²) in [5, 5.41) is 7.39. The summed E-state index contributed by atoms with van der Waals surface area (Å²) in [5.41, 5.74) is 7.63. The number of piperidine rings is 1. The largest absolute Gasteiger partial charge is 0.430 e. The number of rotatable bonds is 7. The molecule has 0 spiro atoms. The van der Waals surface area contributed by atoms with Crippen LogP contribution in [0, 0.1) is 5.92 Å². The lowest BCUT2D eigenvalue weighted by Gasteiger charge is -2.37. The first-order valence-corrected chi connectivity index (χ1v) is 10.8. The highest BCUT2D eigenvalue weighted by Gasteiger charge is 2.30. The van der Waals surface area contributed by atoms with Gasteiger partial charge in [0.2, 0.25) is 11.8 Å². The van der Waals surface area contributed by atoms with Crippen LogP contribution >= 0.6 is 0 Å². The van der Waals surface area contributed by atoms with Crippen LogP contribution in [-0.2, 0) is 9.63 Å². The summed E-state index contributed by atoms with van der Waals surface area (Å²) >= 11 is 0. The third-order valence-electron chi connectivity index (χ3n) is 5.48. The van der Waals surface area contributed by atoms with Crippen molar-refractivity contribution in [2.75, 3.05) is 37.8 Å². The average molecular weight is 455 g/mol. The molecule has 1 fully saturated rings. The van der Waals surface area contributed by atoms with Gasteiger partial charge in [0, 0.05) is 32.5 Å². The molecular weight excluding hydrogens is 424 g/mol. The van der Waals surface area contributed by atoms with Crippen molar-refractivity contribution in [2.24, 2.45) is 11.7 Å². The number of carbonyl (C=O) groups is 3. The number of amides is 3. The number of nitrogens with zero attached hydrogens (tertiary/aromatic N) is 3. The van der Waals surface area contributed by atoms with E-state index in [-0.39, 0.29) is 24.1 Å². The molecule has 0 bridgehead atoms. The van der Waals surface area contributed by atoms with E-state index < -0.39 is 12.0 Å². The number of pyridine rings is 1. The number of primary amides is 1. The Morgan fingerprint density at radius 1 is 1.15 bits per heavy atom. The quantitative estimate of drug-likeness (QED) is 0.586. The molecular formula is C23H30N6O4. The molecule has 2 aromatic rings. The van der Waals surface area contributed by atoms with Crippen LogP contribution in [0.5, 0.6) is 0 Å². The van der Waals surface area contributed by atoms with Crippen molar-refractivity contribution in [1.29, 1.82) is 0 Å². The molecule has 1 aromatic carbocycles. The molecule has 4 N–H and O–H groups in total. The number of carbonyl (C=O) groups excluding carboxylic acids is 3. The minimum atomic E-state index is -0.669. The minimum absolute atomic E-state index is 0.0116. The van der Waals surface area contributed by atoms with E-state index >= 15 is 0 Å². The molecule has 2 atom stereocenters. The molecule has 1 aliphatic rings. The molecule has 10 heteroatoms. The Balaban J connectivity index is 1.65. The van der Waals surface area contributed by atoms with Gasteiger partial charge in [-0.2, -0.15) is 0 Å². The second-order valence-corrected chi connectivity index (χ2v) is 8.39. The van der Waals surface area contributed by atoms with Crippen molar-refractivity contribution in [2.45, 2.75) is 25.8 Å². The van der Waals surface area contributed by atoms with Crippen molar-refractivity contribution in [1.82, 2.24) is 14.9 Å². The minimum Gasteiger partial charge on any atom is -0.376 e. The standard InChI is InChI=1S/C23H30N6O4/c1-15-4-9-20(16-5-7-18(8-6-16)26-13-21(30)28(2)3)29(14-15)33-23(32)27-19-10-17(22(24)31)11-25-12-19/h5-8,10-12,15,20,26H,4,9,13-14H2,1-3H3,(H2,24,31)(H,27,32)/t15-,20-/m1/s1.